The summed E-state index contributed by atoms with van der Waals surface area (Å²) in [5.41, 5.74) is 0.988. The van der Waals surface area contributed by atoms with Crippen molar-refractivity contribution in [2.45, 2.75) is 59.3 Å². The molecule has 1 aromatic rings. The van der Waals surface area contributed by atoms with Crippen LogP contribution in [-0.4, -0.2) is 25.3 Å². The first-order valence-corrected chi connectivity index (χ1v) is 10.1. The van der Waals surface area contributed by atoms with Gasteiger partial charge in [0, 0.05) is 18.0 Å². The molecule has 1 aliphatic heterocycles. The SMILES string of the molecule is CCCCCCOc1cccc(N2C=C(OC(=O)C(C)CCC)N=CC2)c1. The highest BCUT2D eigenvalue weighted by molar-refractivity contribution is 5.75. The van der Waals surface area contributed by atoms with Crippen molar-refractivity contribution in [2.75, 3.05) is 18.1 Å². The Morgan fingerprint density at radius 3 is 2.85 bits per heavy atom. The van der Waals surface area contributed by atoms with Crippen LogP contribution in [0.15, 0.2) is 41.3 Å². The van der Waals surface area contributed by atoms with Gasteiger partial charge >= 0.3 is 5.97 Å². The molecule has 1 aliphatic rings. The average molecular weight is 373 g/mol. The minimum absolute atomic E-state index is 0.120. The molecule has 0 fully saturated rings. The van der Waals surface area contributed by atoms with Gasteiger partial charge in [0.2, 0.25) is 5.88 Å². The second-order valence-electron chi connectivity index (χ2n) is 6.95. The molecule has 0 aliphatic carbocycles. The fourth-order valence-electron chi connectivity index (χ4n) is 2.90. The van der Waals surface area contributed by atoms with Crippen LogP contribution in [0.1, 0.15) is 59.3 Å². The van der Waals surface area contributed by atoms with Crippen LogP contribution in [0.25, 0.3) is 0 Å². The topological polar surface area (TPSA) is 51.1 Å². The predicted molar refractivity (Wildman–Crippen MR) is 110 cm³/mol. The lowest BCUT2D eigenvalue weighted by atomic mass is 10.1. The number of anilines is 1. The number of hydrogen-bond donors (Lipinski definition) is 0. The first-order chi connectivity index (χ1) is 13.1. The zero-order valence-electron chi connectivity index (χ0n) is 16.8. The summed E-state index contributed by atoms with van der Waals surface area (Å²) in [6.07, 6.45) is 10.1. The monoisotopic (exact) mass is 372 g/mol. The number of nitrogens with zero attached hydrogens (tertiary/aromatic N) is 2. The molecule has 27 heavy (non-hydrogen) atoms. The van der Waals surface area contributed by atoms with Gasteiger partial charge in [-0.15, -0.1) is 0 Å². The third kappa shape index (κ3) is 7.08. The first-order valence-electron chi connectivity index (χ1n) is 10.1. The van der Waals surface area contributed by atoms with Gasteiger partial charge in [0.25, 0.3) is 0 Å². The minimum atomic E-state index is -0.230. The van der Waals surface area contributed by atoms with E-state index in [1.807, 2.05) is 36.1 Å². The molecule has 0 radical (unpaired) electrons. The smallest absolute Gasteiger partial charge is 0.315 e. The van der Waals surface area contributed by atoms with E-state index in [2.05, 4.69) is 18.8 Å². The van der Waals surface area contributed by atoms with E-state index in [1.165, 1.54) is 19.3 Å². The predicted octanol–water partition coefficient (Wildman–Crippen LogP) is 5.31. The van der Waals surface area contributed by atoms with Crippen LogP contribution in [0.2, 0.25) is 0 Å². The van der Waals surface area contributed by atoms with E-state index < -0.39 is 0 Å². The van der Waals surface area contributed by atoms with Crippen LogP contribution >= 0.6 is 0 Å². The van der Waals surface area contributed by atoms with Crippen molar-refractivity contribution in [3.63, 3.8) is 0 Å². The second kappa shape index (κ2) is 11.4. The number of ether oxygens (including phenoxy) is 2. The van der Waals surface area contributed by atoms with E-state index in [0.717, 1.165) is 37.3 Å². The number of esters is 1. The number of aliphatic imine (C=N–C) groups is 1. The highest BCUT2D eigenvalue weighted by atomic mass is 16.5. The lowest BCUT2D eigenvalue weighted by Crippen LogP contribution is -2.24. The zero-order chi connectivity index (χ0) is 19.5. The summed E-state index contributed by atoms with van der Waals surface area (Å²) in [5.74, 6) is 0.840. The summed E-state index contributed by atoms with van der Waals surface area (Å²) in [6, 6.07) is 7.97. The summed E-state index contributed by atoms with van der Waals surface area (Å²) in [4.78, 5) is 18.3. The van der Waals surface area contributed by atoms with Gasteiger partial charge < -0.3 is 14.4 Å². The Morgan fingerprint density at radius 2 is 2.07 bits per heavy atom. The molecule has 0 N–H and O–H groups in total. The van der Waals surface area contributed by atoms with Gasteiger partial charge in [0.1, 0.15) is 5.75 Å². The summed E-state index contributed by atoms with van der Waals surface area (Å²) in [6.45, 7) is 7.51. The van der Waals surface area contributed by atoms with Crippen molar-refractivity contribution in [2.24, 2.45) is 10.9 Å². The van der Waals surface area contributed by atoms with Crippen LogP contribution < -0.4 is 9.64 Å². The van der Waals surface area contributed by atoms with Gasteiger partial charge in [-0.1, -0.05) is 52.5 Å². The lowest BCUT2D eigenvalue weighted by Gasteiger charge is -2.23. The fraction of sp³-hybridized carbons (Fsp3) is 0.545. The molecule has 148 valence electrons. The molecular weight excluding hydrogens is 340 g/mol. The lowest BCUT2D eigenvalue weighted by molar-refractivity contribution is -0.143. The molecule has 1 atom stereocenters. The third-order valence-electron chi connectivity index (χ3n) is 4.51. The van der Waals surface area contributed by atoms with Crippen LogP contribution in [0, 0.1) is 5.92 Å². The Labute approximate surface area is 163 Å². The third-order valence-corrected chi connectivity index (χ3v) is 4.51. The normalized spacial score (nSPS) is 14.6. The molecule has 0 aromatic heterocycles. The molecule has 5 nitrogen and oxygen atoms in total. The maximum atomic E-state index is 12.1. The average Bonchev–Trinajstić information content (AvgIpc) is 2.68. The van der Waals surface area contributed by atoms with E-state index >= 15 is 0 Å². The highest BCUT2D eigenvalue weighted by Crippen LogP contribution is 2.24. The van der Waals surface area contributed by atoms with Crippen molar-refractivity contribution in [3.8, 4) is 5.75 Å². The Balaban J connectivity index is 1.95. The van der Waals surface area contributed by atoms with E-state index in [0.29, 0.717) is 12.4 Å². The Bertz CT molecular complexity index is 655. The van der Waals surface area contributed by atoms with Crippen molar-refractivity contribution in [1.82, 2.24) is 0 Å². The van der Waals surface area contributed by atoms with Gasteiger partial charge in [-0.2, -0.15) is 0 Å². The number of carbonyl (C=O) groups excluding carboxylic acids is 1. The molecule has 0 bridgehead atoms. The second-order valence-corrected chi connectivity index (χ2v) is 6.95. The number of benzene rings is 1. The zero-order valence-corrected chi connectivity index (χ0v) is 16.8. The Hall–Kier alpha value is -2.30. The largest absolute Gasteiger partial charge is 0.494 e. The van der Waals surface area contributed by atoms with Crippen LogP contribution in [0.3, 0.4) is 0 Å². The fourth-order valence-corrected chi connectivity index (χ4v) is 2.90. The molecule has 0 spiro atoms. The van der Waals surface area contributed by atoms with Gasteiger partial charge in [-0.05, 0) is 25.0 Å². The number of hydrogen-bond acceptors (Lipinski definition) is 5. The molecular formula is C22H32N2O3. The maximum Gasteiger partial charge on any atom is 0.315 e. The summed E-state index contributed by atoms with van der Waals surface area (Å²) in [5, 5.41) is 0. The van der Waals surface area contributed by atoms with E-state index in [9.17, 15) is 4.79 Å². The Kier molecular flexibility index (Phi) is 8.89. The standard InChI is InChI=1S/C22H32N2O3/c1-4-6-7-8-15-26-20-12-9-11-19(16-20)24-14-13-23-21(17-24)27-22(25)18(3)10-5-2/h9,11-13,16-18H,4-8,10,14-15H2,1-3H3. The van der Waals surface area contributed by atoms with E-state index in [1.54, 1.807) is 12.4 Å². The molecule has 0 amide bonds. The van der Waals surface area contributed by atoms with E-state index in [4.69, 9.17) is 9.47 Å². The molecule has 2 rings (SSSR count). The molecule has 5 heteroatoms. The van der Waals surface area contributed by atoms with Crippen LogP contribution in [0.4, 0.5) is 5.69 Å². The van der Waals surface area contributed by atoms with Crippen molar-refractivity contribution >= 4 is 17.9 Å². The quantitative estimate of drug-likeness (QED) is 0.390. The molecule has 0 saturated carbocycles. The van der Waals surface area contributed by atoms with E-state index in [-0.39, 0.29) is 11.9 Å². The Morgan fingerprint density at radius 1 is 1.22 bits per heavy atom. The van der Waals surface area contributed by atoms with Crippen molar-refractivity contribution < 1.29 is 14.3 Å². The number of carbonyl (C=O) groups is 1. The van der Waals surface area contributed by atoms with Gasteiger partial charge in [0.05, 0.1) is 25.3 Å². The summed E-state index contributed by atoms with van der Waals surface area (Å²) >= 11 is 0. The number of rotatable bonds is 11. The van der Waals surface area contributed by atoms with Gasteiger partial charge in [0.15, 0.2) is 0 Å². The molecule has 1 heterocycles. The summed E-state index contributed by atoms with van der Waals surface area (Å²) in [7, 11) is 0. The van der Waals surface area contributed by atoms with Gasteiger partial charge in [-0.25, -0.2) is 4.99 Å². The molecule has 0 saturated heterocycles. The minimum Gasteiger partial charge on any atom is -0.494 e. The van der Waals surface area contributed by atoms with Crippen LogP contribution in [-0.2, 0) is 9.53 Å². The first kappa shape index (κ1) is 21.0. The number of unbranched alkanes of at least 4 members (excludes halogenated alkanes) is 3. The van der Waals surface area contributed by atoms with Gasteiger partial charge in [-0.3, -0.25) is 4.79 Å². The van der Waals surface area contributed by atoms with Crippen molar-refractivity contribution in [3.05, 3.63) is 36.3 Å². The molecule has 1 aromatic carbocycles. The maximum absolute atomic E-state index is 12.1. The van der Waals surface area contributed by atoms with Crippen LogP contribution in [0.5, 0.6) is 5.75 Å². The van der Waals surface area contributed by atoms with Crippen molar-refractivity contribution in [1.29, 1.82) is 0 Å². The molecule has 1 unspecified atom stereocenters. The highest BCUT2D eigenvalue weighted by Gasteiger charge is 2.18. The summed E-state index contributed by atoms with van der Waals surface area (Å²) < 4.78 is 11.3.